The fraction of sp³-hybridized carbons (Fsp3) is 0.875. The Hall–Kier alpha value is -1.06. The first kappa shape index (κ1) is 17.0. The molecule has 116 valence electrons. The maximum atomic E-state index is 12.6. The Morgan fingerprint density at radius 3 is 2.20 bits per heavy atom. The summed E-state index contributed by atoms with van der Waals surface area (Å²) in [6, 6.07) is -0.664. The summed E-state index contributed by atoms with van der Waals surface area (Å²) >= 11 is 0. The Kier molecular flexibility index (Phi) is 6.50. The van der Waals surface area contributed by atoms with Crippen LogP contribution in [0.3, 0.4) is 0 Å². The summed E-state index contributed by atoms with van der Waals surface area (Å²) in [6.45, 7) is 10.9. The summed E-state index contributed by atoms with van der Waals surface area (Å²) in [5, 5.41) is 2.90. The summed E-state index contributed by atoms with van der Waals surface area (Å²) in [7, 11) is 0. The van der Waals surface area contributed by atoms with Gasteiger partial charge in [0.05, 0.1) is 0 Å². The van der Waals surface area contributed by atoms with E-state index < -0.39 is 0 Å². The SMILES string of the molecule is CCCCCCN1C(=O)C(C(C)C)NC(=O)C1C(C)C. The number of unbranched alkanes of at least 4 members (excludes halogenated alkanes) is 3. The van der Waals surface area contributed by atoms with Crippen LogP contribution in [0.2, 0.25) is 0 Å². The highest BCUT2D eigenvalue weighted by atomic mass is 16.2. The van der Waals surface area contributed by atoms with Crippen LogP contribution in [0.1, 0.15) is 60.3 Å². The van der Waals surface area contributed by atoms with Crippen LogP contribution in [-0.2, 0) is 9.59 Å². The van der Waals surface area contributed by atoms with Gasteiger partial charge in [-0.3, -0.25) is 9.59 Å². The van der Waals surface area contributed by atoms with E-state index in [1.165, 1.54) is 12.8 Å². The summed E-state index contributed by atoms with van der Waals surface area (Å²) in [6.07, 6.45) is 4.48. The third-order valence-corrected chi connectivity index (χ3v) is 4.00. The standard InChI is InChI=1S/C16H30N2O2/c1-6-7-8-9-10-18-14(12(4)5)15(19)17-13(11(2)3)16(18)20/h11-14H,6-10H2,1-5H3,(H,17,19). The van der Waals surface area contributed by atoms with Crippen molar-refractivity contribution in [3.05, 3.63) is 0 Å². The van der Waals surface area contributed by atoms with Crippen LogP contribution < -0.4 is 5.32 Å². The predicted octanol–water partition coefficient (Wildman–Crippen LogP) is 2.57. The molecule has 1 aliphatic heterocycles. The van der Waals surface area contributed by atoms with Crippen LogP contribution in [0.4, 0.5) is 0 Å². The van der Waals surface area contributed by atoms with Gasteiger partial charge in [0.2, 0.25) is 11.8 Å². The molecule has 0 saturated carbocycles. The molecule has 0 radical (unpaired) electrons. The second-order valence-corrected chi connectivity index (χ2v) is 6.51. The molecule has 1 aliphatic rings. The highest BCUT2D eigenvalue weighted by Crippen LogP contribution is 2.21. The summed E-state index contributed by atoms with van der Waals surface area (Å²) in [4.78, 5) is 26.7. The van der Waals surface area contributed by atoms with Gasteiger partial charge in [0.1, 0.15) is 12.1 Å². The molecule has 20 heavy (non-hydrogen) atoms. The van der Waals surface area contributed by atoms with E-state index in [0.29, 0.717) is 6.54 Å². The molecule has 1 heterocycles. The van der Waals surface area contributed by atoms with Gasteiger partial charge < -0.3 is 10.2 Å². The Labute approximate surface area is 123 Å². The highest BCUT2D eigenvalue weighted by molar-refractivity contribution is 5.97. The number of piperazine rings is 1. The summed E-state index contributed by atoms with van der Waals surface area (Å²) < 4.78 is 0. The quantitative estimate of drug-likeness (QED) is 0.730. The third kappa shape index (κ3) is 3.97. The zero-order valence-corrected chi connectivity index (χ0v) is 13.6. The molecular weight excluding hydrogens is 252 g/mol. The molecule has 4 heteroatoms. The number of hydrogen-bond acceptors (Lipinski definition) is 2. The van der Waals surface area contributed by atoms with Gasteiger partial charge in [0, 0.05) is 6.54 Å². The molecule has 2 amide bonds. The lowest BCUT2D eigenvalue weighted by Crippen LogP contribution is -2.66. The van der Waals surface area contributed by atoms with Crippen LogP contribution in [0.15, 0.2) is 0 Å². The van der Waals surface area contributed by atoms with Gasteiger partial charge in [0.15, 0.2) is 0 Å². The summed E-state index contributed by atoms with van der Waals surface area (Å²) in [5.41, 5.74) is 0. The maximum Gasteiger partial charge on any atom is 0.246 e. The number of hydrogen-bond donors (Lipinski definition) is 1. The van der Waals surface area contributed by atoms with Gasteiger partial charge in [0.25, 0.3) is 0 Å². The molecule has 2 unspecified atom stereocenters. The van der Waals surface area contributed by atoms with E-state index in [2.05, 4.69) is 12.2 Å². The lowest BCUT2D eigenvalue weighted by molar-refractivity contribution is -0.152. The van der Waals surface area contributed by atoms with E-state index in [4.69, 9.17) is 0 Å². The van der Waals surface area contributed by atoms with Crippen LogP contribution in [0.25, 0.3) is 0 Å². The topological polar surface area (TPSA) is 49.4 Å². The van der Waals surface area contributed by atoms with Gasteiger partial charge in [-0.15, -0.1) is 0 Å². The molecule has 1 N–H and O–H groups in total. The highest BCUT2D eigenvalue weighted by Gasteiger charge is 2.42. The van der Waals surface area contributed by atoms with Crippen LogP contribution in [0, 0.1) is 11.8 Å². The fourth-order valence-electron chi connectivity index (χ4n) is 2.83. The molecule has 0 aromatic rings. The Morgan fingerprint density at radius 1 is 1.05 bits per heavy atom. The average Bonchev–Trinajstić information content (AvgIpc) is 2.37. The second kappa shape index (κ2) is 7.65. The van der Waals surface area contributed by atoms with Crippen molar-refractivity contribution in [3.63, 3.8) is 0 Å². The molecule has 1 saturated heterocycles. The molecule has 1 fully saturated rings. The molecule has 0 aliphatic carbocycles. The minimum absolute atomic E-state index is 0.00814. The number of nitrogens with one attached hydrogen (secondary N) is 1. The molecule has 0 aromatic heterocycles. The van der Waals surface area contributed by atoms with Gasteiger partial charge >= 0.3 is 0 Å². The van der Waals surface area contributed by atoms with Gasteiger partial charge in [-0.2, -0.15) is 0 Å². The van der Waals surface area contributed by atoms with Gasteiger partial charge in [-0.1, -0.05) is 53.9 Å². The zero-order valence-electron chi connectivity index (χ0n) is 13.6. The van der Waals surface area contributed by atoms with Gasteiger partial charge in [-0.05, 0) is 18.3 Å². The van der Waals surface area contributed by atoms with Crippen molar-refractivity contribution >= 4 is 11.8 Å². The Bertz CT molecular complexity index is 339. The Balaban J connectivity index is 2.79. The molecule has 0 aromatic carbocycles. The number of nitrogens with zero attached hydrogens (tertiary/aromatic N) is 1. The summed E-state index contributed by atoms with van der Waals surface area (Å²) in [5.74, 6) is 0.388. The van der Waals surface area contributed by atoms with Crippen molar-refractivity contribution in [1.82, 2.24) is 10.2 Å². The maximum absolute atomic E-state index is 12.6. The van der Waals surface area contributed by atoms with E-state index in [1.807, 2.05) is 32.6 Å². The van der Waals surface area contributed by atoms with E-state index in [9.17, 15) is 9.59 Å². The van der Waals surface area contributed by atoms with Crippen molar-refractivity contribution in [1.29, 1.82) is 0 Å². The monoisotopic (exact) mass is 282 g/mol. The molecule has 4 nitrogen and oxygen atoms in total. The largest absolute Gasteiger partial charge is 0.342 e. The number of amides is 2. The third-order valence-electron chi connectivity index (χ3n) is 4.00. The minimum atomic E-state index is -0.358. The van der Waals surface area contributed by atoms with Crippen molar-refractivity contribution < 1.29 is 9.59 Å². The first-order chi connectivity index (χ1) is 9.40. The van der Waals surface area contributed by atoms with E-state index in [1.54, 1.807) is 0 Å². The predicted molar refractivity (Wildman–Crippen MR) is 81.2 cm³/mol. The number of carbonyl (C=O) groups is 2. The second-order valence-electron chi connectivity index (χ2n) is 6.51. The molecule has 0 spiro atoms. The van der Waals surface area contributed by atoms with Crippen molar-refractivity contribution in [2.24, 2.45) is 11.8 Å². The average molecular weight is 282 g/mol. The van der Waals surface area contributed by atoms with Crippen LogP contribution in [0.5, 0.6) is 0 Å². The van der Waals surface area contributed by atoms with Gasteiger partial charge in [-0.25, -0.2) is 0 Å². The van der Waals surface area contributed by atoms with Crippen molar-refractivity contribution in [3.8, 4) is 0 Å². The minimum Gasteiger partial charge on any atom is -0.342 e. The fourth-order valence-corrected chi connectivity index (χ4v) is 2.83. The van der Waals surface area contributed by atoms with Crippen LogP contribution in [-0.4, -0.2) is 35.3 Å². The molecule has 0 bridgehead atoms. The first-order valence-corrected chi connectivity index (χ1v) is 8.01. The molecular formula is C16H30N2O2. The first-order valence-electron chi connectivity index (χ1n) is 8.01. The van der Waals surface area contributed by atoms with E-state index in [-0.39, 0.29) is 35.7 Å². The van der Waals surface area contributed by atoms with E-state index in [0.717, 1.165) is 12.8 Å². The smallest absolute Gasteiger partial charge is 0.246 e. The Morgan fingerprint density at radius 2 is 1.70 bits per heavy atom. The molecule has 1 rings (SSSR count). The molecule has 2 atom stereocenters. The van der Waals surface area contributed by atoms with Crippen molar-refractivity contribution in [2.75, 3.05) is 6.54 Å². The lowest BCUT2D eigenvalue weighted by Gasteiger charge is -2.42. The van der Waals surface area contributed by atoms with E-state index >= 15 is 0 Å². The lowest BCUT2D eigenvalue weighted by atomic mass is 9.92. The number of rotatable bonds is 7. The van der Waals surface area contributed by atoms with Crippen LogP contribution >= 0.6 is 0 Å². The van der Waals surface area contributed by atoms with Crippen molar-refractivity contribution in [2.45, 2.75) is 72.4 Å². The normalized spacial score (nSPS) is 23.6. The zero-order chi connectivity index (χ0) is 15.3. The number of carbonyl (C=O) groups excluding carboxylic acids is 2.